The largest absolute Gasteiger partial charge is 0.319 e. The van der Waals surface area contributed by atoms with Crippen molar-refractivity contribution < 1.29 is 0 Å². The highest BCUT2D eigenvalue weighted by Crippen LogP contribution is 2.61. The number of hydrogen-bond donors (Lipinski definition) is 1. The molecule has 0 heterocycles. The van der Waals surface area contributed by atoms with Crippen molar-refractivity contribution in [3.63, 3.8) is 0 Å². The smallest absolute Gasteiger partial charge is 0.00883 e. The van der Waals surface area contributed by atoms with Crippen molar-refractivity contribution in [3.8, 4) is 0 Å². The standard InChI is InChI=1S/C19H29N/c1-16-8-7-9-17(12-16)19(15-20-2)13-18(14-19)10-5-3-4-6-11-18/h7-9,12,20H,3-6,10-11,13-15H2,1-2H3. The van der Waals surface area contributed by atoms with Gasteiger partial charge in [-0.05, 0) is 50.6 Å². The van der Waals surface area contributed by atoms with Crippen LogP contribution in [0, 0.1) is 12.3 Å². The first-order valence-electron chi connectivity index (χ1n) is 8.40. The van der Waals surface area contributed by atoms with E-state index < -0.39 is 0 Å². The first-order valence-corrected chi connectivity index (χ1v) is 8.40. The summed E-state index contributed by atoms with van der Waals surface area (Å²) < 4.78 is 0. The van der Waals surface area contributed by atoms with Gasteiger partial charge in [-0.2, -0.15) is 0 Å². The van der Waals surface area contributed by atoms with Gasteiger partial charge in [0.1, 0.15) is 0 Å². The number of benzene rings is 1. The van der Waals surface area contributed by atoms with E-state index in [1.165, 1.54) is 56.9 Å². The van der Waals surface area contributed by atoms with Crippen molar-refractivity contribution in [3.05, 3.63) is 35.4 Å². The summed E-state index contributed by atoms with van der Waals surface area (Å²) in [6.45, 7) is 3.36. The van der Waals surface area contributed by atoms with Gasteiger partial charge in [0.2, 0.25) is 0 Å². The Labute approximate surface area is 124 Å². The van der Waals surface area contributed by atoms with E-state index in [1.807, 2.05) is 0 Å². The topological polar surface area (TPSA) is 12.0 Å². The molecule has 0 saturated heterocycles. The Morgan fingerprint density at radius 2 is 1.75 bits per heavy atom. The van der Waals surface area contributed by atoms with Crippen molar-refractivity contribution in [2.24, 2.45) is 5.41 Å². The van der Waals surface area contributed by atoms with Crippen LogP contribution in [0.2, 0.25) is 0 Å². The zero-order valence-electron chi connectivity index (χ0n) is 13.2. The molecule has 0 unspecified atom stereocenters. The Morgan fingerprint density at radius 3 is 2.35 bits per heavy atom. The average Bonchev–Trinajstić information content (AvgIpc) is 2.64. The highest BCUT2D eigenvalue weighted by molar-refractivity contribution is 5.34. The van der Waals surface area contributed by atoms with Gasteiger partial charge in [0.05, 0.1) is 0 Å². The van der Waals surface area contributed by atoms with Crippen molar-refractivity contribution in [1.29, 1.82) is 0 Å². The van der Waals surface area contributed by atoms with E-state index in [-0.39, 0.29) is 0 Å². The van der Waals surface area contributed by atoms with Gasteiger partial charge < -0.3 is 5.32 Å². The molecule has 0 bridgehead atoms. The van der Waals surface area contributed by atoms with Crippen LogP contribution in [0.1, 0.15) is 62.5 Å². The van der Waals surface area contributed by atoms with Crippen LogP contribution in [0.4, 0.5) is 0 Å². The van der Waals surface area contributed by atoms with E-state index in [0.29, 0.717) is 10.8 Å². The molecule has 110 valence electrons. The Hall–Kier alpha value is -0.820. The second kappa shape index (κ2) is 5.52. The van der Waals surface area contributed by atoms with Crippen LogP contribution in [0.3, 0.4) is 0 Å². The van der Waals surface area contributed by atoms with Gasteiger partial charge in [-0.3, -0.25) is 0 Å². The quantitative estimate of drug-likeness (QED) is 0.848. The molecule has 1 spiro atoms. The predicted octanol–water partition coefficient (Wildman–Crippen LogP) is 4.59. The third-order valence-corrected chi connectivity index (χ3v) is 5.74. The molecule has 3 rings (SSSR count). The molecule has 2 fully saturated rings. The number of nitrogens with one attached hydrogen (secondary N) is 1. The van der Waals surface area contributed by atoms with Crippen molar-refractivity contribution in [2.75, 3.05) is 13.6 Å². The lowest BCUT2D eigenvalue weighted by atomic mass is 9.48. The Balaban J connectivity index is 1.81. The van der Waals surface area contributed by atoms with Crippen molar-refractivity contribution >= 4 is 0 Å². The fourth-order valence-corrected chi connectivity index (χ4v) is 4.96. The molecule has 2 aliphatic carbocycles. The number of hydrogen-bond acceptors (Lipinski definition) is 1. The minimum atomic E-state index is 0.408. The number of likely N-dealkylation sites (N-methyl/N-ethyl adjacent to an activating group) is 1. The molecule has 2 saturated carbocycles. The molecular formula is C19H29N. The summed E-state index contributed by atoms with van der Waals surface area (Å²) in [6, 6.07) is 9.23. The SMILES string of the molecule is CNCC1(c2cccc(C)c2)CC2(CCCCCC2)C1. The Kier molecular flexibility index (Phi) is 3.90. The van der Waals surface area contributed by atoms with E-state index >= 15 is 0 Å². The lowest BCUT2D eigenvalue weighted by Crippen LogP contribution is -2.54. The maximum Gasteiger partial charge on any atom is 0.00883 e. The molecule has 0 radical (unpaired) electrons. The van der Waals surface area contributed by atoms with E-state index in [9.17, 15) is 0 Å². The molecule has 1 N–H and O–H groups in total. The molecule has 20 heavy (non-hydrogen) atoms. The second-order valence-electron chi connectivity index (χ2n) is 7.45. The molecule has 1 heteroatoms. The van der Waals surface area contributed by atoms with Crippen LogP contribution < -0.4 is 5.32 Å². The zero-order valence-corrected chi connectivity index (χ0v) is 13.2. The third kappa shape index (κ3) is 2.53. The molecule has 2 aliphatic rings. The van der Waals surface area contributed by atoms with Crippen molar-refractivity contribution in [1.82, 2.24) is 5.32 Å². The van der Waals surface area contributed by atoms with Gasteiger partial charge in [-0.1, -0.05) is 55.5 Å². The normalized spacial score (nSPS) is 24.1. The fourth-order valence-electron chi connectivity index (χ4n) is 4.96. The van der Waals surface area contributed by atoms with Gasteiger partial charge in [0.15, 0.2) is 0 Å². The lowest BCUT2D eigenvalue weighted by Gasteiger charge is -2.57. The molecular weight excluding hydrogens is 242 g/mol. The summed E-state index contributed by atoms with van der Waals surface area (Å²) in [4.78, 5) is 0. The summed E-state index contributed by atoms with van der Waals surface area (Å²) >= 11 is 0. The van der Waals surface area contributed by atoms with Crippen LogP contribution in [-0.4, -0.2) is 13.6 Å². The van der Waals surface area contributed by atoms with E-state index in [1.54, 1.807) is 5.56 Å². The van der Waals surface area contributed by atoms with Gasteiger partial charge in [-0.15, -0.1) is 0 Å². The summed E-state index contributed by atoms with van der Waals surface area (Å²) in [5.74, 6) is 0. The number of aryl methyl sites for hydroxylation is 1. The van der Waals surface area contributed by atoms with Gasteiger partial charge in [-0.25, -0.2) is 0 Å². The minimum absolute atomic E-state index is 0.408. The molecule has 0 amide bonds. The molecule has 0 aliphatic heterocycles. The maximum atomic E-state index is 3.47. The maximum absolute atomic E-state index is 3.47. The average molecular weight is 271 g/mol. The van der Waals surface area contributed by atoms with Crippen LogP contribution in [-0.2, 0) is 5.41 Å². The minimum Gasteiger partial charge on any atom is -0.319 e. The van der Waals surface area contributed by atoms with Crippen LogP contribution in [0.5, 0.6) is 0 Å². The Morgan fingerprint density at radius 1 is 1.05 bits per heavy atom. The molecule has 0 atom stereocenters. The van der Waals surface area contributed by atoms with Crippen molar-refractivity contribution in [2.45, 2.75) is 63.7 Å². The highest BCUT2D eigenvalue weighted by atomic mass is 14.8. The summed E-state index contributed by atoms with van der Waals surface area (Å²) in [7, 11) is 2.11. The lowest BCUT2D eigenvalue weighted by molar-refractivity contribution is 0.00718. The highest BCUT2D eigenvalue weighted by Gasteiger charge is 2.54. The molecule has 1 aromatic rings. The van der Waals surface area contributed by atoms with Crippen LogP contribution in [0.15, 0.2) is 24.3 Å². The number of rotatable bonds is 3. The summed E-state index contributed by atoms with van der Waals surface area (Å²) in [6.07, 6.45) is 11.6. The van der Waals surface area contributed by atoms with E-state index in [0.717, 1.165) is 6.54 Å². The van der Waals surface area contributed by atoms with E-state index in [2.05, 4.69) is 43.6 Å². The third-order valence-electron chi connectivity index (χ3n) is 5.74. The van der Waals surface area contributed by atoms with Gasteiger partial charge >= 0.3 is 0 Å². The first-order chi connectivity index (χ1) is 9.68. The summed E-state index contributed by atoms with van der Waals surface area (Å²) in [5.41, 5.74) is 4.06. The summed E-state index contributed by atoms with van der Waals surface area (Å²) in [5, 5.41) is 3.47. The monoisotopic (exact) mass is 271 g/mol. The predicted molar refractivity (Wildman–Crippen MR) is 86.2 cm³/mol. The van der Waals surface area contributed by atoms with Crippen LogP contribution >= 0.6 is 0 Å². The first kappa shape index (κ1) is 14.1. The van der Waals surface area contributed by atoms with Crippen LogP contribution in [0.25, 0.3) is 0 Å². The molecule has 1 nitrogen and oxygen atoms in total. The molecule has 0 aromatic heterocycles. The second-order valence-corrected chi connectivity index (χ2v) is 7.45. The fraction of sp³-hybridized carbons (Fsp3) is 0.684. The van der Waals surface area contributed by atoms with Gasteiger partial charge in [0.25, 0.3) is 0 Å². The molecule has 1 aromatic carbocycles. The Bertz CT molecular complexity index is 447. The van der Waals surface area contributed by atoms with Gasteiger partial charge in [0, 0.05) is 12.0 Å². The zero-order chi connectivity index (χ0) is 14.1. The van der Waals surface area contributed by atoms with E-state index in [4.69, 9.17) is 0 Å².